The molecule has 3 rings (SSSR count). The smallest absolute Gasteiger partial charge is 0.338 e. The summed E-state index contributed by atoms with van der Waals surface area (Å²) in [5.74, 6) is 0.264. The second-order valence-corrected chi connectivity index (χ2v) is 5.13. The highest BCUT2D eigenvalue weighted by atomic mass is 16.5. The van der Waals surface area contributed by atoms with E-state index in [-0.39, 0.29) is 12.0 Å². The van der Waals surface area contributed by atoms with Gasteiger partial charge in [0.15, 0.2) is 0 Å². The molecule has 6 nitrogen and oxygen atoms in total. The minimum absolute atomic E-state index is 0.328. The fourth-order valence-corrected chi connectivity index (χ4v) is 2.55. The minimum atomic E-state index is -0.354. The van der Waals surface area contributed by atoms with E-state index in [9.17, 15) is 4.79 Å². The molecule has 1 aromatic heterocycles. The van der Waals surface area contributed by atoms with Crippen LogP contribution in [-0.2, 0) is 9.53 Å². The van der Waals surface area contributed by atoms with E-state index in [1.807, 2.05) is 49.4 Å². The van der Waals surface area contributed by atoms with Crippen LogP contribution in [0.1, 0.15) is 25.5 Å². The van der Waals surface area contributed by atoms with Crippen LogP contribution in [0, 0.1) is 0 Å². The standard InChI is InChI=1S/C17H18N4O2/c1-3-23-16(22)15-12(2)20-17-18-11-19-21(17)14(15)10-9-13-7-5-4-6-8-13/h4-11,14H,3H2,1-2H3,(H,18,19,20)/t14-/m0/s1. The Kier molecular flexibility index (Phi) is 4.23. The lowest BCUT2D eigenvalue weighted by molar-refractivity contribution is -0.139. The van der Waals surface area contributed by atoms with Crippen molar-refractivity contribution in [2.24, 2.45) is 0 Å². The molecule has 0 radical (unpaired) electrons. The molecule has 0 saturated carbocycles. The van der Waals surface area contributed by atoms with Gasteiger partial charge in [0.05, 0.1) is 12.2 Å². The summed E-state index contributed by atoms with van der Waals surface area (Å²) in [5.41, 5.74) is 2.32. The second-order valence-electron chi connectivity index (χ2n) is 5.13. The number of nitrogens with zero attached hydrogens (tertiary/aromatic N) is 3. The lowest BCUT2D eigenvalue weighted by Gasteiger charge is -2.25. The van der Waals surface area contributed by atoms with Crippen molar-refractivity contribution in [3.63, 3.8) is 0 Å². The minimum Gasteiger partial charge on any atom is -0.463 e. The molecule has 23 heavy (non-hydrogen) atoms. The first-order chi connectivity index (χ1) is 11.2. The maximum atomic E-state index is 12.3. The molecule has 0 bridgehead atoms. The summed E-state index contributed by atoms with van der Waals surface area (Å²) in [5, 5.41) is 7.32. The predicted octanol–water partition coefficient (Wildman–Crippen LogP) is 2.80. The van der Waals surface area contributed by atoms with Crippen molar-refractivity contribution < 1.29 is 9.53 Å². The van der Waals surface area contributed by atoms with Crippen molar-refractivity contribution in [1.82, 2.24) is 14.8 Å². The van der Waals surface area contributed by atoms with Crippen LogP contribution in [0.25, 0.3) is 6.08 Å². The highest BCUT2D eigenvalue weighted by Gasteiger charge is 2.31. The molecule has 0 aliphatic carbocycles. The number of carbonyl (C=O) groups is 1. The zero-order valence-electron chi connectivity index (χ0n) is 13.1. The molecular weight excluding hydrogens is 292 g/mol. The van der Waals surface area contributed by atoms with E-state index >= 15 is 0 Å². The highest BCUT2D eigenvalue weighted by Crippen LogP contribution is 2.31. The predicted molar refractivity (Wildman–Crippen MR) is 87.5 cm³/mol. The van der Waals surface area contributed by atoms with Crippen LogP contribution in [0.4, 0.5) is 5.95 Å². The Morgan fingerprint density at radius 1 is 1.39 bits per heavy atom. The number of esters is 1. The van der Waals surface area contributed by atoms with Crippen LogP contribution in [0.5, 0.6) is 0 Å². The summed E-state index contributed by atoms with van der Waals surface area (Å²) in [4.78, 5) is 16.5. The molecule has 1 atom stereocenters. The average Bonchev–Trinajstić information content (AvgIpc) is 3.01. The molecule has 1 N–H and O–H groups in total. The second kappa shape index (κ2) is 6.48. The first-order valence-corrected chi connectivity index (χ1v) is 7.48. The monoisotopic (exact) mass is 310 g/mol. The molecular formula is C17H18N4O2. The van der Waals surface area contributed by atoms with E-state index in [1.54, 1.807) is 11.6 Å². The lowest BCUT2D eigenvalue weighted by atomic mass is 10.0. The van der Waals surface area contributed by atoms with Gasteiger partial charge in [-0.2, -0.15) is 10.1 Å². The van der Waals surface area contributed by atoms with E-state index in [4.69, 9.17) is 4.74 Å². The molecule has 1 aliphatic rings. The number of benzene rings is 1. The van der Waals surface area contributed by atoms with Gasteiger partial charge in [0.1, 0.15) is 12.4 Å². The number of rotatable bonds is 4. The molecule has 1 aliphatic heterocycles. The topological polar surface area (TPSA) is 69.0 Å². The lowest BCUT2D eigenvalue weighted by Crippen LogP contribution is -2.27. The Labute approximate surface area is 134 Å². The van der Waals surface area contributed by atoms with E-state index in [1.165, 1.54) is 6.33 Å². The number of allylic oxidation sites excluding steroid dienone is 2. The first kappa shape index (κ1) is 15.0. The molecule has 2 heterocycles. The number of carbonyl (C=O) groups excluding carboxylic acids is 1. The number of aromatic nitrogens is 3. The maximum absolute atomic E-state index is 12.3. The third-order valence-corrected chi connectivity index (χ3v) is 3.60. The third kappa shape index (κ3) is 3.01. The Hall–Kier alpha value is -2.89. The zero-order valence-corrected chi connectivity index (χ0v) is 13.1. The summed E-state index contributed by atoms with van der Waals surface area (Å²) in [7, 11) is 0. The Bertz CT molecular complexity index is 762. The SMILES string of the molecule is CCOC(=O)C1=C(C)Nc2ncnn2[C@H]1C=Cc1ccccc1. The molecule has 0 spiro atoms. The average molecular weight is 310 g/mol. The van der Waals surface area contributed by atoms with Crippen molar-refractivity contribution in [2.45, 2.75) is 19.9 Å². The fourth-order valence-electron chi connectivity index (χ4n) is 2.55. The van der Waals surface area contributed by atoms with E-state index in [0.717, 1.165) is 11.3 Å². The Balaban J connectivity index is 1.99. The summed E-state index contributed by atoms with van der Waals surface area (Å²) in [6.45, 7) is 3.96. The zero-order chi connectivity index (χ0) is 16.2. The number of anilines is 1. The molecule has 0 amide bonds. The van der Waals surface area contributed by atoms with Gasteiger partial charge >= 0.3 is 5.97 Å². The van der Waals surface area contributed by atoms with Crippen molar-refractivity contribution in [3.05, 3.63) is 59.6 Å². The van der Waals surface area contributed by atoms with Crippen LogP contribution in [0.2, 0.25) is 0 Å². The molecule has 6 heteroatoms. The normalized spacial score (nSPS) is 17.0. The molecule has 118 valence electrons. The van der Waals surface area contributed by atoms with Crippen LogP contribution >= 0.6 is 0 Å². The van der Waals surface area contributed by atoms with Crippen molar-refractivity contribution in [2.75, 3.05) is 11.9 Å². The Morgan fingerprint density at radius 2 is 2.17 bits per heavy atom. The Morgan fingerprint density at radius 3 is 2.91 bits per heavy atom. The number of hydrogen-bond donors (Lipinski definition) is 1. The van der Waals surface area contributed by atoms with Crippen LogP contribution in [0.15, 0.2) is 54.0 Å². The van der Waals surface area contributed by atoms with Crippen LogP contribution in [-0.4, -0.2) is 27.3 Å². The van der Waals surface area contributed by atoms with Gasteiger partial charge in [-0.25, -0.2) is 9.48 Å². The quantitative estimate of drug-likeness (QED) is 0.879. The van der Waals surface area contributed by atoms with E-state index < -0.39 is 0 Å². The molecule has 2 aromatic rings. The molecule has 0 fully saturated rings. The largest absolute Gasteiger partial charge is 0.463 e. The fraction of sp³-hybridized carbons (Fsp3) is 0.235. The number of fused-ring (bicyclic) bond motifs is 1. The van der Waals surface area contributed by atoms with Gasteiger partial charge in [-0.1, -0.05) is 42.5 Å². The van der Waals surface area contributed by atoms with Gasteiger partial charge in [0.2, 0.25) is 5.95 Å². The van der Waals surface area contributed by atoms with Crippen molar-refractivity contribution in [3.8, 4) is 0 Å². The van der Waals surface area contributed by atoms with Crippen LogP contribution in [0.3, 0.4) is 0 Å². The molecule has 1 aromatic carbocycles. The first-order valence-electron chi connectivity index (χ1n) is 7.48. The van der Waals surface area contributed by atoms with Gasteiger partial charge in [-0.05, 0) is 19.4 Å². The number of nitrogens with one attached hydrogen (secondary N) is 1. The van der Waals surface area contributed by atoms with Crippen molar-refractivity contribution >= 4 is 18.0 Å². The van der Waals surface area contributed by atoms with Crippen molar-refractivity contribution in [1.29, 1.82) is 0 Å². The maximum Gasteiger partial charge on any atom is 0.338 e. The molecule has 0 saturated heterocycles. The van der Waals surface area contributed by atoms with Gasteiger partial charge in [0.25, 0.3) is 0 Å². The summed E-state index contributed by atoms with van der Waals surface area (Å²) in [6.07, 6.45) is 5.37. The highest BCUT2D eigenvalue weighted by molar-refractivity contribution is 5.92. The van der Waals surface area contributed by atoms with Gasteiger partial charge < -0.3 is 10.1 Å². The summed E-state index contributed by atoms with van der Waals surface area (Å²) < 4.78 is 6.87. The third-order valence-electron chi connectivity index (χ3n) is 3.60. The van der Waals surface area contributed by atoms with Gasteiger partial charge in [-0.15, -0.1) is 0 Å². The number of ether oxygens (including phenoxy) is 1. The van der Waals surface area contributed by atoms with Gasteiger partial charge in [0, 0.05) is 5.70 Å². The summed E-state index contributed by atoms with van der Waals surface area (Å²) in [6, 6.07) is 9.55. The van der Waals surface area contributed by atoms with Crippen LogP contribution < -0.4 is 5.32 Å². The molecule has 0 unspecified atom stereocenters. The summed E-state index contributed by atoms with van der Waals surface area (Å²) >= 11 is 0. The van der Waals surface area contributed by atoms with Gasteiger partial charge in [-0.3, -0.25) is 0 Å². The van der Waals surface area contributed by atoms with E-state index in [0.29, 0.717) is 18.1 Å². The van der Waals surface area contributed by atoms with E-state index in [2.05, 4.69) is 15.4 Å². The number of hydrogen-bond acceptors (Lipinski definition) is 5.